The molecule has 0 aromatic heterocycles. The molecule has 70 valence electrons. The molecular formula is C8H17N3O. The molecular weight excluding hydrogens is 154 g/mol. The van der Waals surface area contributed by atoms with Gasteiger partial charge in [0.05, 0.1) is 6.04 Å². The van der Waals surface area contributed by atoms with E-state index in [1.807, 2.05) is 14.1 Å². The Kier molecular flexibility index (Phi) is 3.49. The van der Waals surface area contributed by atoms with Gasteiger partial charge in [-0.15, -0.1) is 0 Å². The lowest BCUT2D eigenvalue weighted by molar-refractivity contribution is -0.127. The molecule has 2 N–H and O–H groups in total. The third kappa shape index (κ3) is 2.79. The molecule has 4 heteroatoms. The zero-order valence-corrected chi connectivity index (χ0v) is 7.76. The molecule has 1 saturated heterocycles. The summed E-state index contributed by atoms with van der Waals surface area (Å²) >= 11 is 0. The average molecular weight is 171 g/mol. The van der Waals surface area contributed by atoms with Crippen LogP contribution in [0.15, 0.2) is 0 Å². The predicted molar refractivity (Wildman–Crippen MR) is 47.5 cm³/mol. The standard InChI is InChI=1S/C8H17N3O/c1-11(2)10-8(12)7-5-3-4-6-9-7/h7,9H,3-6H2,1-2H3,(H,10,12)/t7-/m1/s1. The van der Waals surface area contributed by atoms with Gasteiger partial charge in [-0.25, -0.2) is 5.01 Å². The predicted octanol–water partition coefficient (Wildman–Crippen LogP) is -0.279. The van der Waals surface area contributed by atoms with Crippen molar-refractivity contribution in [2.45, 2.75) is 25.3 Å². The number of nitrogens with one attached hydrogen (secondary N) is 2. The minimum Gasteiger partial charge on any atom is -0.306 e. The molecule has 1 heterocycles. The van der Waals surface area contributed by atoms with Crippen LogP contribution in [0, 0.1) is 0 Å². The van der Waals surface area contributed by atoms with Crippen LogP contribution in [0.2, 0.25) is 0 Å². The van der Waals surface area contributed by atoms with Crippen LogP contribution in [0.4, 0.5) is 0 Å². The number of amides is 1. The van der Waals surface area contributed by atoms with Crippen molar-refractivity contribution in [3.05, 3.63) is 0 Å². The first-order valence-electron chi connectivity index (χ1n) is 4.41. The molecule has 0 bridgehead atoms. The molecule has 1 fully saturated rings. The number of hydrogen-bond donors (Lipinski definition) is 2. The topological polar surface area (TPSA) is 44.4 Å². The van der Waals surface area contributed by atoms with Gasteiger partial charge in [-0.1, -0.05) is 6.42 Å². The van der Waals surface area contributed by atoms with Crippen LogP contribution < -0.4 is 10.7 Å². The van der Waals surface area contributed by atoms with Crippen LogP contribution in [0.3, 0.4) is 0 Å². The summed E-state index contributed by atoms with van der Waals surface area (Å²) in [6, 6.07) is 0.0150. The highest BCUT2D eigenvalue weighted by Crippen LogP contribution is 2.06. The zero-order valence-electron chi connectivity index (χ0n) is 7.76. The summed E-state index contributed by atoms with van der Waals surface area (Å²) < 4.78 is 0. The zero-order chi connectivity index (χ0) is 8.97. The molecule has 1 amide bonds. The Morgan fingerprint density at radius 2 is 2.25 bits per heavy atom. The molecule has 0 unspecified atom stereocenters. The highest BCUT2D eigenvalue weighted by atomic mass is 16.2. The Bertz CT molecular complexity index is 152. The van der Waals surface area contributed by atoms with Crippen LogP contribution in [0.25, 0.3) is 0 Å². The fourth-order valence-electron chi connectivity index (χ4n) is 1.37. The van der Waals surface area contributed by atoms with E-state index in [1.54, 1.807) is 5.01 Å². The van der Waals surface area contributed by atoms with Crippen LogP contribution in [0.5, 0.6) is 0 Å². The van der Waals surface area contributed by atoms with Gasteiger partial charge in [0.2, 0.25) is 0 Å². The molecule has 1 rings (SSSR count). The Hall–Kier alpha value is -0.610. The largest absolute Gasteiger partial charge is 0.306 e. The number of hydrogen-bond acceptors (Lipinski definition) is 3. The minimum atomic E-state index is 0.0150. The normalized spacial score (nSPS) is 24.1. The Morgan fingerprint density at radius 3 is 2.75 bits per heavy atom. The molecule has 0 spiro atoms. The summed E-state index contributed by atoms with van der Waals surface area (Å²) in [5.41, 5.74) is 2.74. The van der Waals surface area contributed by atoms with Gasteiger partial charge in [-0.2, -0.15) is 0 Å². The number of hydrazine groups is 1. The van der Waals surface area contributed by atoms with Gasteiger partial charge in [0.1, 0.15) is 0 Å². The Balaban J connectivity index is 2.30. The second kappa shape index (κ2) is 4.42. The molecule has 0 radical (unpaired) electrons. The Labute approximate surface area is 73.3 Å². The maximum Gasteiger partial charge on any atom is 0.251 e. The van der Waals surface area contributed by atoms with Gasteiger partial charge in [-0.05, 0) is 19.4 Å². The summed E-state index contributed by atoms with van der Waals surface area (Å²) in [5.74, 6) is 0.0831. The van der Waals surface area contributed by atoms with E-state index in [4.69, 9.17) is 0 Å². The van der Waals surface area contributed by atoms with Crippen molar-refractivity contribution in [1.82, 2.24) is 15.8 Å². The monoisotopic (exact) mass is 171 g/mol. The molecule has 0 aromatic carbocycles. The third-order valence-corrected chi connectivity index (χ3v) is 1.96. The second-order valence-corrected chi connectivity index (χ2v) is 3.37. The number of rotatable bonds is 2. The van der Waals surface area contributed by atoms with E-state index in [9.17, 15) is 4.79 Å². The van der Waals surface area contributed by atoms with E-state index in [-0.39, 0.29) is 11.9 Å². The van der Waals surface area contributed by atoms with Crippen molar-refractivity contribution in [2.75, 3.05) is 20.6 Å². The Morgan fingerprint density at radius 1 is 1.50 bits per heavy atom. The molecule has 12 heavy (non-hydrogen) atoms. The lowest BCUT2D eigenvalue weighted by Crippen LogP contribution is -2.50. The molecule has 0 saturated carbocycles. The lowest BCUT2D eigenvalue weighted by atomic mass is 10.0. The first kappa shape index (κ1) is 9.48. The molecule has 0 aliphatic carbocycles. The quantitative estimate of drug-likeness (QED) is 0.562. The van der Waals surface area contributed by atoms with Crippen LogP contribution in [-0.2, 0) is 4.79 Å². The van der Waals surface area contributed by atoms with E-state index >= 15 is 0 Å². The minimum absolute atomic E-state index is 0.0150. The highest BCUT2D eigenvalue weighted by molar-refractivity contribution is 5.81. The maximum atomic E-state index is 11.4. The van der Waals surface area contributed by atoms with E-state index in [0.717, 1.165) is 19.4 Å². The van der Waals surface area contributed by atoms with Gasteiger partial charge < -0.3 is 5.32 Å². The van der Waals surface area contributed by atoms with Crippen molar-refractivity contribution >= 4 is 5.91 Å². The number of nitrogens with zero attached hydrogens (tertiary/aromatic N) is 1. The van der Waals surface area contributed by atoms with Gasteiger partial charge >= 0.3 is 0 Å². The summed E-state index contributed by atoms with van der Waals surface area (Å²) in [6.07, 6.45) is 3.30. The van der Waals surface area contributed by atoms with Crippen molar-refractivity contribution in [3.63, 3.8) is 0 Å². The van der Waals surface area contributed by atoms with E-state index in [2.05, 4.69) is 10.7 Å². The smallest absolute Gasteiger partial charge is 0.251 e. The van der Waals surface area contributed by atoms with Gasteiger partial charge in [0.25, 0.3) is 5.91 Å². The van der Waals surface area contributed by atoms with Gasteiger partial charge in [-0.3, -0.25) is 10.2 Å². The fraction of sp³-hybridized carbons (Fsp3) is 0.875. The first-order valence-corrected chi connectivity index (χ1v) is 4.41. The third-order valence-electron chi connectivity index (χ3n) is 1.96. The van der Waals surface area contributed by atoms with Crippen molar-refractivity contribution in [3.8, 4) is 0 Å². The summed E-state index contributed by atoms with van der Waals surface area (Å²) in [7, 11) is 3.64. The van der Waals surface area contributed by atoms with Crippen molar-refractivity contribution in [1.29, 1.82) is 0 Å². The second-order valence-electron chi connectivity index (χ2n) is 3.37. The molecule has 1 aliphatic heterocycles. The summed E-state index contributed by atoms with van der Waals surface area (Å²) in [5, 5.41) is 4.86. The van der Waals surface area contributed by atoms with Crippen LogP contribution in [-0.4, -0.2) is 37.6 Å². The van der Waals surface area contributed by atoms with Crippen molar-refractivity contribution < 1.29 is 4.79 Å². The maximum absolute atomic E-state index is 11.4. The van der Waals surface area contributed by atoms with E-state index in [1.165, 1.54) is 6.42 Å². The fourth-order valence-corrected chi connectivity index (χ4v) is 1.37. The van der Waals surface area contributed by atoms with Gasteiger partial charge in [0, 0.05) is 14.1 Å². The summed E-state index contributed by atoms with van der Waals surface area (Å²) in [4.78, 5) is 11.4. The number of carbonyl (C=O) groups excluding carboxylic acids is 1. The SMILES string of the molecule is CN(C)NC(=O)[C@H]1CCCCN1. The lowest BCUT2D eigenvalue weighted by Gasteiger charge is -2.24. The van der Waals surface area contributed by atoms with Crippen LogP contribution in [0.1, 0.15) is 19.3 Å². The summed E-state index contributed by atoms with van der Waals surface area (Å²) in [6.45, 7) is 0.964. The number of piperidine rings is 1. The van der Waals surface area contributed by atoms with Gasteiger partial charge in [0.15, 0.2) is 0 Å². The van der Waals surface area contributed by atoms with Crippen LogP contribution >= 0.6 is 0 Å². The highest BCUT2D eigenvalue weighted by Gasteiger charge is 2.20. The number of carbonyl (C=O) groups is 1. The van der Waals surface area contributed by atoms with E-state index in [0.29, 0.717) is 0 Å². The molecule has 1 atom stereocenters. The molecule has 0 aromatic rings. The van der Waals surface area contributed by atoms with E-state index < -0.39 is 0 Å². The van der Waals surface area contributed by atoms with Crippen molar-refractivity contribution in [2.24, 2.45) is 0 Å². The molecule has 4 nitrogen and oxygen atoms in total. The molecule has 1 aliphatic rings. The first-order chi connectivity index (χ1) is 5.70. The average Bonchev–Trinajstić information content (AvgIpc) is 2.05.